The molecule has 0 unspecified atom stereocenters. The normalized spacial score (nSPS) is 27.1. The van der Waals surface area contributed by atoms with Crippen LogP contribution in [0.1, 0.15) is 25.7 Å². The Kier molecular flexibility index (Phi) is 2.02. The maximum Gasteiger partial charge on any atom is 0.414 e. The smallest absolute Gasteiger partial charge is 0.414 e. The zero-order chi connectivity index (χ0) is 10.3. The number of amides is 2. The Morgan fingerprint density at radius 2 is 2.07 bits per heavy atom. The number of carbonyl (C=O) groups excluding carboxylic acids is 2. The number of Topliss-reactive ketones (excluding diaryl/α,β-unsaturated/α-hetero) is 1. The summed E-state index contributed by atoms with van der Waals surface area (Å²) in [5, 5.41) is 8.76. The van der Waals surface area contributed by atoms with Crippen LogP contribution in [0.2, 0.25) is 0 Å². The quantitative estimate of drug-likeness (QED) is 0.659. The van der Waals surface area contributed by atoms with Gasteiger partial charge in [0.15, 0.2) is 5.78 Å². The average molecular weight is 197 g/mol. The van der Waals surface area contributed by atoms with Gasteiger partial charge in [-0.1, -0.05) is 12.8 Å². The van der Waals surface area contributed by atoms with Gasteiger partial charge in [-0.15, -0.1) is 0 Å². The maximum absolute atomic E-state index is 11.3. The molecular weight excluding hydrogens is 186 g/mol. The first-order valence-corrected chi connectivity index (χ1v) is 4.67. The molecule has 1 saturated heterocycles. The molecule has 5 nitrogen and oxygen atoms in total. The van der Waals surface area contributed by atoms with Gasteiger partial charge in [0.2, 0.25) is 5.91 Å². The molecule has 5 heteroatoms. The van der Waals surface area contributed by atoms with Crippen LogP contribution in [0.4, 0.5) is 4.79 Å². The van der Waals surface area contributed by atoms with E-state index in [4.69, 9.17) is 5.11 Å². The van der Waals surface area contributed by atoms with Crippen molar-refractivity contribution in [2.24, 2.45) is 5.92 Å². The molecule has 2 aliphatic rings. The second kappa shape index (κ2) is 3.08. The molecule has 1 atom stereocenters. The van der Waals surface area contributed by atoms with Crippen LogP contribution in [-0.4, -0.2) is 33.8 Å². The Morgan fingerprint density at radius 1 is 1.43 bits per heavy atom. The van der Waals surface area contributed by atoms with Gasteiger partial charge in [0, 0.05) is 0 Å². The lowest BCUT2D eigenvalue weighted by atomic mass is 10.1. The molecule has 0 aromatic carbocycles. The lowest BCUT2D eigenvalue weighted by Gasteiger charge is -2.17. The molecule has 0 aromatic rings. The summed E-state index contributed by atoms with van der Waals surface area (Å²) in [7, 11) is 0. The number of rotatable bonds is 2. The van der Waals surface area contributed by atoms with Gasteiger partial charge in [0.1, 0.15) is 6.04 Å². The summed E-state index contributed by atoms with van der Waals surface area (Å²) in [6.07, 6.45) is 1.07. The van der Waals surface area contributed by atoms with E-state index >= 15 is 0 Å². The molecule has 14 heavy (non-hydrogen) atoms. The molecule has 0 aromatic heterocycles. The van der Waals surface area contributed by atoms with Crippen LogP contribution in [0.3, 0.4) is 0 Å². The van der Waals surface area contributed by atoms with Crippen LogP contribution in [-0.2, 0) is 9.59 Å². The first-order chi connectivity index (χ1) is 6.59. The minimum atomic E-state index is -1.30. The number of ketones is 1. The number of imide groups is 1. The average Bonchev–Trinajstić information content (AvgIpc) is 2.80. The summed E-state index contributed by atoms with van der Waals surface area (Å²) >= 11 is 0. The molecule has 1 heterocycles. The molecule has 1 aliphatic carbocycles. The van der Waals surface area contributed by atoms with E-state index in [0.29, 0.717) is 17.2 Å². The number of carboxylic acid groups (broad SMARTS) is 1. The number of nitrogens with zero attached hydrogens (tertiary/aromatic N) is 1. The number of carbonyl (C=O) groups is 3. The predicted molar refractivity (Wildman–Crippen MR) is 45.6 cm³/mol. The Balaban J connectivity index is 2.12. The fourth-order valence-corrected chi connectivity index (χ4v) is 1.82. The van der Waals surface area contributed by atoms with E-state index in [9.17, 15) is 14.4 Å². The molecule has 0 radical (unpaired) electrons. The van der Waals surface area contributed by atoms with E-state index in [1.54, 1.807) is 0 Å². The SMILES string of the molecule is O=C1CC(=O)N(C(=O)O)[C@@H]1CC1CC1. The van der Waals surface area contributed by atoms with Gasteiger partial charge < -0.3 is 5.11 Å². The summed E-state index contributed by atoms with van der Waals surface area (Å²) < 4.78 is 0. The number of likely N-dealkylation sites (tertiary alicyclic amines) is 1. The third-order valence-corrected chi connectivity index (χ3v) is 2.74. The second-order valence-corrected chi connectivity index (χ2v) is 3.88. The van der Waals surface area contributed by atoms with Gasteiger partial charge in [-0.3, -0.25) is 9.59 Å². The summed E-state index contributed by atoms with van der Waals surface area (Å²) in [5.41, 5.74) is 0. The van der Waals surface area contributed by atoms with Crippen LogP contribution in [0, 0.1) is 5.92 Å². The van der Waals surface area contributed by atoms with Crippen LogP contribution in [0.25, 0.3) is 0 Å². The largest absolute Gasteiger partial charge is 0.465 e. The van der Waals surface area contributed by atoms with Crippen LogP contribution < -0.4 is 0 Å². The van der Waals surface area contributed by atoms with E-state index in [-0.39, 0.29) is 12.2 Å². The Labute approximate surface area is 80.7 Å². The monoisotopic (exact) mass is 197 g/mol. The zero-order valence-electron chi connectivity index (χ0n) is 7.60. The number of hydrogen-bond donors (Lipinski definition) is 1. The molecule has 0 spiro atoms. The van der Waals surface area contributed by atoms with Crippen molar-refractivity contribution in [2.45, 2.75) is 31.7 Å². The minimum absolute atomic E-state index is 0.246. The number of hydrogen-bond acceptors (Lipinski definition) is 3. The summed E-state index contributed by atoms with van der Waals surface area (Å²) in [4.78, 5) is 33.9. The highest BCUT2D eigenvalue weighted by molar-refractivity contribution is 6.13. The summed E-state index contributed by atoms with van der Waals surface area (Å²) in [5.74, 6) is -0.380. The molecule has 1 saturated carbocycles. The highest BCUT2D eigenvalue weighted by Crippen LogP contribution is 2.36. The minimum Gasteiger partial charge on any atom is -0.465 e. The fraction of sp³-hybridized carbons (Fsp3) is 0.667. The Bertz CT molecular complexity index is 308. The van der Waals surface area contributed by atoms with Gasteiger partial charge in [-0.2, -0.15) is 0 Å². The van der Waals surface area contributed by atoms with Crippen molar-refractivity contribution >= 4 is 17.8 Å². The predicted octanol–water partition coefficient (Wildman–Crippen LogP) is 0.635. The van der Waals surface area contributed by atoms with E-state index in [2.05, 4.69) is 0 Å². The highest BCUT2D eigenvalue weighted by Gasteiger charge is 2.44. The Hall–Kier alpha value is -1.39. The second-order valence-electron chi connectivity index (χ2n) is 3.88. The molecular formula is C9H11NO4. The van der Waals surface area contributed by atoms with Crippen molar-refractivity contribution in [3.05, 3.63) is 0 Å². The molecule has 1 aliphatic heterocycles. The van der Waals surface area contributed by atoms with Crippen molar-refractivity contribution in [1.29, 1.82) is 0 Å². The molecule has 2 amide bonds. The van der Waals surface area contributed by atoms with Gasteiger partial charge in [-0.25, -0.2) is 9.69 Å². The third kappa shape index (κ3) is 1.49. The van der Waals surface area contributed by atoms with Gasteiger partial charge >= 0.3 is 6.09 Å². The summed E-state index contributed by atoms with van der Waals surface area (Å²) in [6.45, 7) is 0. The van der Waals surface area contributed by atoms with Crippen LogP contribution >= 0.6 is 0 Å². The molecule has 0 bridgehead atoms. The zero-order valence-corrected chi connectivity index (χ0v) is 7.60. The van der Waals surface area contributed by atoms with Gasteiger partial charge in [-0.05, 0) is 12.3 Å². The first-order valence-electron chi connectivity index (χ1n) is 4.67. The lowest BCUT2D eigenvalue weighted by molar-refractivity contribution is -0.126. The standard InChI is InChI=1S/C9H11NO4/c11-7-4-8(12)10(9(13)14)6(7)3-5-1-2-5/h5-6H,1-4H2,(H,13,14)/t6-/m1/s1. The van der Waals surface area contributed by atoms with E-state index in [1.165, 1.54) is 0 Å². The molecule has 1 N–H and O–H groups in total. The molecule has 2 fully saturated rings. The van der Waals surface area contributed by atoms with Crippen LogP contribution in [0.15, 0.2) is 0 Å². The van der Waals surface area contributed by atoms with Gasteiger partial charge in [0.05, 0.1) is 6.42 Å². The van der Waals surface area contributed by atoms with Crippen molar-refractivity contribution in [2.75, 3.05) is 0 Å². The van der Waals surface area contributed by atoms with Crippen molar-refractivity contribution in [3.63, 3.8) is 0 Å². The van der Waals surface area contributed by atoms with Crippen LogP contribution in [0.5, 0.6) is 0 Å². The van der Waals surface area contributed by atoms with E-state index in [1.807, 2.05) is 0 Å². The lowest BCUT2D eigenvalue weighted by Crippen LogP contribution is -2.39. The fourth-order valence-electron chi connectivity index (χ4n) is 1.82. The maximum atomic E-state index is 11.3. The topological polar surface area (TPSA) is 74.7 Å². The highest BCUT2D eigenvalue weighted by atomic mass is 16.4. The third-order valence-electron chi connectivity index (χ3n) is 2.74. The van der Waals surface area contributed by atoms with E-state index < -0.39 is 18.0 Å². The molecule has 2 rings (SSSR count). The van der Waals surface area contributed by atoms with Crippen molar-refractivity contribution in [1.82, 2.24) is 4.90 Å². The first kappa shape index (κ1) is 9.18. The molecule has 76 valence electrons. The van der Waals surface area contributed by atoms with Crippen molar-refractivity contribution < 1.29 is 19.5 Å². The van der Waals surface area contributed by atoms with Crippen molar-refractivity contribution in [3.8, 4) is 0 Å². The summed E-state index contributed by atoms with van der Waals surface area (Å²) in [6, 6.07) is -0.701. The van der Waals surface area contributed by atoms with E-state index in [0.717, 1.165) is 12.8 Å². The van der Waals surface area contributed by atoms with Gasteiger partial charge in [0.25, 0.3) is 0 Å². The Morgan fingerprint density at radius 3 is 2.57 bits per heavy atom.